The SMILES string of the molecule is Cc1cc(F)cc(-c2noc(-c3c[nH]c(C#N)c3)n2)c1. The highest BCUT2D eigenvalue weighted by Crippen LogP contribution is 2.23. The van der Waals surface area contributed by atoms with Crippen molar-refractivity contribution in [1.82, 2.24) is 15.1 Å². The summed E-state index contributed by atoms with van der Waals surface area (Å²) in [6.45, 7) is 1.79. The maximum atomic E-state index is 13.4. The Balaban J connectivity index is 1.99. The summed E-state index contributed by atoms with van der Waals surface area (Å²) in [5, 5.41) is 12.6. The van der Waals surface area contributed by atoms with Crippen molar-refractivity contribution >= 4 is 0 Å². The Kier molecular flexibility index (Phi) is 2.80. The van der Waals surface area contributed by atoms with Gasteiger partial charge in [0, 0.05) is 11.8 Å². The minimum absolute atomic E-state index is 0.277. The van der Waals surface area contributed by atoms with Crippen LogP contribution in [0.3, 0.4) is 0 Å². The highest BCUT2D eigenvalue weighted by atomic mass is 19.1. The number of hydrogen-bond acceptors (Lipinski definition) is 4. The van der Waals surface area contributed by atoms with Gasteiger partial charge in [-0.2, -0.15) is 10.2 Å². The maximum Gasteiger partial charge on any atom is 0.259 e. The first-order valence-corrected chi connectivity index (χ1v) is 5.86. The molecule has 0 bridgehead atoms. The maximum absolute atomic E-state index is 13.4. The molecule has 5 nitrogen and oxygen atoms in total. The predicted molar refractivity (Wildman–Crippen MR) is 68.9 cm³/mol. The Hall–Kier alpha value is -2.94. The quantitative estimate of drug-likeness (QED) is 0.774. The van der Waals surface area contributed by atoms with E-state index in [9.17, 15) is 4.39 Å². The van der Waals surface area contributed by atoms with Crippen LogP contribution in [0.25, 0.3) is 22.8 Å². The lowest BCUT2D eigenvalue weighted by atomic mass is 10.1. The fourth-order valence-corrected chi connectivity index (χ4v) is 1.91. The number of aromatic amines is 1. The average molecular weight is 268 g/mol. The molecule has 2 aromatic heterocycles. The highest BCUT2D eigenvalue weighted by Gasteiger charge is 2.13. The molecule has 0 aliphatic carbocycles. The first kappa shape index (κ1) is 12.1. The lowest BCUT2D eigenvalue weighted by Gasteiger charge is -1.97. The van der Waals surface area contributed by atoms with E-state index in [2.05, 4.69) is 15.1 Å². The van der Waals surface area contributed by atoms with Crippen molar-refractivity contribution in [2.75, 3.05) is 0 Å². The van der Waals surface area contributed by atoms with E-state index in [0.29, 0.717) is 22.6 Å². The van der Waals surface area contributed by atoms with Crippen LogP contribution >= 0.6 is 0 Å². The third-order valence-corrected chi connectivity index (χ3v) is 2.78. The Labute approximate surface area is 113 Å². The van der Waals surface area contributed by atoms with E-state index in [-0.39, 0.29) is 11.7 Å². The van der Waals surface area contributed by atoms with Crippen LogP contribution in [0, 0.1) is 24.1 Å². The van der Waals surface area contributed by atoms with Gasteiger partial charge < -0.3 is 9.51 Å². The van der Waals surface area contributed by atoms with E-state index in [1.54, 1.807) is 25.3 Å². The van der Waals surface area contributed by atoms with E-state index in [0.717, 1.165) is 5.56 Å². The molecule has 3 rings (SSSR count). The number of hydrogen-bond donors (Lipinski definition) is 1. The molecule has 0 fully saturated rings. The molecule has 0 aliphatic heterocycles. The number of nitrogens with one attached hydrogen (secondary N) is 1. The second-order valence-corrected chi connectivity index (χ2v) is 4.35. The van der Waals surface area contributed by atoms with Crippen LogP contribution in [0.4, 0.5) is 4.39 Å². The van der Waals surface area contributed by atoms with Gasteiger partial charge in [-0.1, -0.05) is 5.16 Å². The van der Waals surface area contributed by atoms with Gasteiger partial charge in [0.2, 0.25) is 5.82 Å². The lowest BCUT2D eigenvalue weighted by molar-refractivity contribution is 0.432. The number of rotatable bonds is 2. The molecule has 2 heterocycles. The van der Waals surface area contributed by atoms with Crippen molar-refractivity contribution in [3.63, 3.8) is 0 Å². The molecule has 98 valence electrons. The Morgan fingerprint density at radius 1 is 1.25 bits per heavy atom. The van der Waals surface area contributed by atoms with E-state index < -0.39 is 0 Å². The van der Waals surface area contributed by atoms with Gasteiger partial charge in [-0.15, -0.1) is 0 Å². The highest BCUT2D eigenvalue weighted by molar-refractivity contribution is 5.61. The monoisotopic (exact) mass is 268 g/mol. The van der Waals surface area contributed by atoms with Crippen molar-refractivity contribution in [3.05, 3.63) is 47.5 Å². The first-order chi connectivity index (χ1) is 9.65. The summed E-state index contributed by atoms with van der Waals surface area (Å²) in [4.78, 5) is 6.98. The minimum atomic E-state index is -0.347. The fourth-order valence-electron chi connectivity index (χ4n) is 1.91. The molecule has 0 radical (unpaired) electrons. The van der Waals surface area contributed by atoms with Gasteiger partial charge >= 0.3 is 0 Å². The second-order valence-electron chi connectivity index (χ2n) is 4.35. The Bertz CT molecular complexity index is 792. The number of H-pyrrole nitrogens is 1. The fraction of sp³-hybridized carbons (Fsp3) is 0.0714. The third kappa shape index (κ3) is 2.17. The van der Waals surface area contributed by atoms with Gasteiger partial charge in [0.15, 0.2) is 0 Å². The van der Waals surface area contributed by atoms with Crippen LogP contribution in [0.15, 0.2) is 35.0 Å². The molecule has 6 heteroatoms. The van der Waals surface area contributed by atoms with Crippen LogP contribution in [0.2, 0.25) is 0 Å². The molecular weight excluding hydrogens is 259 g/mol. The zero-order valence-corrected chi connectivity index (χ0v) is 10.5. The molecule has 1 aromatic carbocycles. The summed E-state index contributed by atoms with van der Waals surface area (Å²) >= 11 is 0. The smallest absolute Gasteiger partial charge is 0.259 e. The molecule has 0 saturated heterocycles. The van der Waals surface area contributed by atoms with Crippen LogP contribution in [0.1, 0.15) is 11.3 Å². The molecular formula is C14H9FN4O. The molecule has 3 aromatic rings. The number of aryl methyl sites for hydroxylation is 1. The summed E-state index contributed by atoms with van der Waals surface area (Å²) in [6, 6.07) is 8.13. The Morgan fingerprint density at radius 3 is 2.80 bits per heavy atom. The van der Waals surface area contributed by atoms with Gasteiger partial charge in [-0.25, -0.2) is 4.39 Å². The molecule has 0 spiro atoms. The Morgan fingerprint density at radius 2 is 2.10 bits per heavy atom. The van der Waals surface area contributed by atoms with Gasteiger partial charge in [-0.3, -0.25) is 0 Å². The predicted octanol–water partition coefficient (Wildman–Crippen LogP) is 3.05. The molecule has 0 atom stereocenters. The van der Waals surface area contributed by atoms with Gasteiger partial charge in [-0.05, 0) is 36.8 Å². The molecule has 0 aliphatic rings. The number of nitrogens with zero attached hydrogens (tertiary/aromatic N) is 3. The van der Waals surface area contributed by atoms with Crippen LogP contribution in [-0.2, 0) is 0 Å². The zero-order valence-electron chi connectivity index (χ0n) is 10.5. The van der Waals surface area contributed by atoms with E-state index in [1.165, 1.54) is 12.1 Å². The topological polar surface area (TPSA) is 78.5 Å². The van der Waals surface area contributed by atoms with Crippen molar-refractivity contribution in [2.24, 2.45) is 0 Å². The van der Waals surface area contributed by atoms with Gasteiger partial charge in [0.05, 0.1) is 5.56 Å². The number of benzene rings is 1. The van der Waals surface area contributed by atoms with Crippen molar-refractivity contribution < 1.29 is 8.91 Å². The minimum Gasteiger partial charge on any atom is -0.352 e. The van der Waals surface area contributed by atoms with Gasteiger partial charge in [0.25, 0.3) is 5.89 Å². The van der Waals surface area contributed by atoms with Crippen LogP contribution in [0.5, 0.6) is 0 Å². The first-order valence-electron chi connectivity index (χ1n) is 5.86. The number of nitriles is 1. The van der Waals surface area contributed by atoms with Crippen LogP contribution < -0.4 is 0 Å². The van der Waals surface area contributed by atoms with E-state index in [4.69, 9.17) is 9.78 Å². The third-order valence-electron chi connectivity index (χ3n) is 2.78. The zero-order chi connectivity index (χ0) is 14.1. The summed E-state index contributed by atoms with van der Waals surface area (Å²) in [6.07, 6.45) is 1.60. The van der Waals surface area contributed by atoms with Crippen molar-refractivity contribution in [2.45, 2.75) is 6.92 Å². The summed E-state index contributed by atoms with van der Waals surface area (Å²) in [5.74, 6) is 0.238. The molecule has 20 heavy (non-hydrogen) atoms. The van der Waals surface area contributed by atoms with Crippen molar-refractivity contribution in [1.29, 1.82) is 5.26 Å². The summed E-state index contributed by atoms with van der Waals surface area (Å²) < 4.78 is 18.5. The summed E-state index contributed by atoms with van der Waals surface area (Å²) in [7, 11) is 0. The van der Waals surface area contributed by atoms with E-state index >= 15 is 0 Å². The van der Waals surface area contributed by atoms with Gasteiger partial charge in [0.1, 0.15) is 17.6 Å². The lowest BCUT2D eigenvalue weighted by Crippen LogP contribution is -1.85. The molecule has 0 saturated carbocycles. The van der Waals surface area contributed by atoms with Crippen LogP contribution in [-0.4, -0.2) is 15.1 Å². The normalized spacial score (nSPS) is 10.4. The van der Waals surface area contributed by atoms with E-state index in [1.807, 2.05) is 6.07 Å². The average Bonchev–Trinajstić information content (AvgIpc) is 3.06. The standard InChI is InChI=1S/C14H9FN4O/c1-8-2-9(4-11(15)3-8)13-18-14(20-19-13)10-5-12(6-16)17-7-10/h2-5,7,17H,1H3. The molecule has 1 N–H and O–H groups in total. The molecule has 0 amide bonds. The number of aromatic nitrogens is 3. The largest absolute Gasteiger partial charge is 0.352 e. The summed E-state index contributed by atoms with van der Waals surface area (Å²) in [5.41, 5.74) is 2.35. The second kappa shape index (κ2) is 4.63. The molecule has 0 unspecified atom stereocenters. The number of halogens is 1. The van der Waals surface area contributed by atoms with Crippen molar-refractivity contribution in [3.8, 4) is 28.9 Å².